The van der Waals surface area contributed by atoms with Gasteiger partial charge in [-0.25, -0.2) is 4.79 Å². The number of carbonyl (C=O) groups excluding carboxylic acids is 3. The summed E-state index contributed by atoms with van der Waals surface area (Å²) in [4.78, 5) is 42.8. The van der Waals surface area contributed by atoms with E-state index < -0.39 is 41.6 Å². The first-order valence-corrected chi connectivity index (χ1v) is 13.9. The first-order chi connectivity index (χ1) is 19.7. The van der Waals surface area contributed by atoms with Crippen molar-refractivity contribution < 1.29 is 29.3 Å². The normalized spacial score (nSPS) is 12.8. The van der Waals surface area contributed by atoms with Gasteiger partial charge in [0.2, 0.25) is 5.91 Å². The summed E-state index contributed by atoms with van der Waals surface area (Å²) in [5.41, 5.74) is 2.76. The van der Waals surface area contributed by atoms with Gasteiger partial charge in [-0.05, 0) is 95.0 Å². The quantitative estimate of drug-likeness (QED) is 0.257. The molecular weight excluding hydrogens is 534 g/mol. The summed E-state index contributed by atoms with van der Waals surface area (Å²) >= 11 is 0. The van der Waals surface area contributed by atoms with Gasteiger partial charge in [-0.15, -0.1) is 0 Å². The average Bonchev–Trinajstić information content (AvgIpc) is 2.89. The minimum absolute atomic E-state index is 0.0203. The molecule has 0 fully saturated rings. The van der Waals surface area contributed by atoms with Crippen molar-refractivity contribution in [3.8, 4) is 11.5 Å². The van der Waals surface area contributed by atoms with Crippen LogP contribution in [0.3, 0.4) is 0 Å². The van der Waals surface area contributed by atoms with Crippen molar-refractivity contribution in [2.45, 2.75) is 78.6 Å². The molecule has 0 bridgehead atoms. The number of aryl methyl sites for hydroxylation is 2. The molecule has 4 N–H and O–H groups in total. The van der Waals surface area contributed by atoms with E-state index in [0.29, 0.717) is 16.8 Å². The van der Waals surface area contributed by atoms with Gasteiger partial charge in [0.25, 0.3) is 5.91 Å². The van der Waals surface area contributed by atoms with E-state index in [0.717, 1.165) is 11.1 Å². The fourth-order valence-corrected chi connectivity index (χ4v) is 4.68. The topological polar surface area (TPSA) is 128 Å². The summed E-state index contributed by atoms with van der Waals surface area (Å²) in [7, 11) is 0. The number of carbonyl (C=O) groups is 3. The van der Waals surface area contributed by atoms with Crippen molar-refractivity contribution in [1.29, 1.82) is 0 Å². The molecule has 0 heterocycles. The van der Waals surface area contributed by atoms with Crippen LogP contribution >= 0.6 is 0 Å². The van der Waals surface area contributed by atoms with Gasteiger partial charge >= 0.3 is 6.09 Å². The molecule has 2 unspecified atom stereocenters. The maximum Gasteiger partial charge on any atom is 0.408 e. The summed E-state index contributed by atoms with van der Waals surface area (Å²) in [6.45, 7) is 12.5. The molecule has 0 saturated carbocycles. The minimum atomic E-state index is -1.10. The van der Waals surface area contributed by atoms with E-state index in [2.05, 4.69) is 10.6 Å². The molecule has 0 saturated heterocycles. The highest BCUT2D eigenvalue weighted by Crippen LogP contribution is 2.30. The number of benzene rings is 3. The van der Waals surface area contributed by atoms with Crippen LogP contribution in [0.5, 0.6) is 11.5 Å². The van der Waals surface area contributed by atoms with Crippen molar-refractivity contribution in [2.75, 3.05) is 5.32 Å². The number of aromatic hydroxyl groups is 2. The van der Waals surface area contributed by atoms with Crippen LogP contribution in [0.4, 0.5) is 10.5 Å². The highest BCUT2D eigenvalue weighted by atomic mass is 16.6. The maximum absolute atomic E-state index is 14.4. The molecule has 2 atom stereocenters. The van der Waals surface area contributed by atoms with Gasteiger partial charge in [0.15, 0.2) is 0 Å². The fraction of sp³-hybridized carbons (Fsp3) is 0.364. The predicted octanol–water partition coefficient (Wildman–Crippen LogP) is 5.77. The lowest BCUT2D eigenvalue weighted by Gasteiger charge is -2.37. The Hall–Kier alpha value is -4.53. The molecule has 3 aromatic rings. The van der Waals surface area contributed by atoms with E-state index in [1.807, 2.05) is 32.0 Å². The number of alkyl carbamates (subject to hydrolysis) is 1. The third-order valence-electron chi connectivity index (χ3n) is 6.64. The molecule has 0 aliphatic heterocycles. The molecule has 3 rings (SSSR count). The molecule has 0 radical (unpaired) electrons. The number of nitrogens with one attached hydrogen (secondary N) is 2. The predicted molar refractivity (Wildman–Crippen MR) is 162 cm³/mol. The van der Waals surface area contributed by atoms with Gasteiger partial charge in [-0.1, -0.05) is 42.5 Å². The van der Waals surface area contributed by atoms with E-state index in [9.17, 15) is 24.6 Å². The molecular formula is C33H41N3O6. The van der Waals surface area contributed by atoms with Crippen LogP contribution in [0, 0.1) is 13.8 Å². The number of phenols is 2. The Morgan fingerprint density at radius 3 is 1.88 bits per heavy atom. The van der Waals surface area contributed by atoms with Crippen LogP contribution in [-0.4, -0.2) is 50.7 Å². The van der Waals surface area contributed by atoms with E-state index in [4.69, 9.17) is 4.74 Å². The van der Waals surface area contributed by atoms with E-state index >= 15 is 0 Å². The molecule has 0 aliphatic carbocycles. The Morgan fingerprint density at radius 1 is 0.857 bits per heavy atom. The number of rotatable bonds is 9. The monoisotopic (exact) mass is 575 g/mol. The zero-order chi connectivity index (χ0) is 31.2. The lowest BCUT2D eigenvalue weighted by Crippen LogP contribution is -2.55. The number of amides is 3. The Kier molecular flexibility index (Phi) is 10.2. The number of hydrogen-bond acceptors (Lipinski definition) is 6. The highest BCUT2D eigenvalue weighted by molar-refractivity contribution is 6.00. The van der Waals surface area contributed by atoms with Crippen molar-refractivity contribution in [2.24, 2.45) is 0 Å². The van der Waals surface area contributed by atoms with Crippen molar-refractivity contribution in [3.63, 3.8) is 0 Å². The van der Waals surface area contributed by atoms with Crippen LogP contribution in [0.1, 0.15) is 62.9 Å². The lowest BCUT2D eigenvalue weighted by atomic mass is 9.98. The molecule has 3 aromatic carbocycles. The second-order valence-corrected chi connectivity index (χ2v) is 11.7. The van der Waals surface area contributed by atoms with Gasteiger partial charge in [0.05, 0.1) is 0 Å². The lowest BCUT2D eigenvalue weighted by molar-refractivity contribution is -0.142. The standard InChI is InChI=1S/C33H41N3O6/c1-20(2)36(31(40)27(34-32(41)42-33(5,6)7)19-23-11-15-25(37)16-12-23)29(24-13-17-26(38)18-14-24)30(39)35-28-21(3)9-8-10-22(28)4/h8-18,20,27,29,37-38H,19H2,1-7H3,(H,34,41)(H,35,39). The van der Waals surface area contributed by atoms with Crippen LogP contribution in [0.2, 0.25) is 0 Å². The fourth-order valence-electron chi connectivity index (χ4n) is 4.68. The van der Waals surface area contributed by atoms with E-state index in [-0.39, 0.29) is 17.9 Å². The number of ether oxygens (including phenoxy) is 1. The number of para-hydroxylation sites is 1. The van der Waals surface area contributed by atoms with E-state index in [1.54, 1.807) is 58.9 Å². The Morgan fingerprint density at radius 2 is 1.38 bits per heavy atom. The molecule has 0 aliphatic rings. The van der Waals surface area contributed by atoms with Crippen LogP contribution in [-0.2, 0) is 20.7 Å². The number of phenolic OH excluding ortho intramolecular Hbond substituents is 2. The first-order valence-electron chi connectivity index (χ1n) is 13.9. The smallest absolute Gasteiger partial charge is 0.408 e. The van der Waals surface area contributed by atoms with Crippen molar-refractivity contribution in [3.05, 3.63) is 89.0 Å². The second-order valence-electron chi connectivity index (χ2n) is 11.7. The number of nitrogens with zero attached hydrogens (tertiary/aromatic N) is 1. The zero-order valence-corrected chi connectivity index (χ0v) is 25.3. The summed E-state index contributed by atoms with van der Waals surface area (Å²) in [6.07, 6.45) is -0.688. The number of hydrogen-bond donors (Lipinski definition) is 4. The van der Waals surface area contributed by atoms with Crippen LogP contribution in [0.15, 0.2) is 66.7 Å². The maximum atomic E-state index is 14.4. The first kappa shape index (κ1) is 32.0. The second kappa shape index (κ2) is 13.4. The SMILES string of the molecule is Cc1cccc(C)c1NC(=O)C(c1ccc(O)cc1)N(C(=O)C(Cc1ccc(O)cc1)NC(=O)OC(C)(C)C)C(C)C. The van der Waals surface area contributed by atoms with Crippen molar-refractivity contribution in [1.82, 2.24) is 10.2 Å². The minimum Gasteiger partial charge on any atom is -0.508 e. The van der Waals surface area contributed by atoms with Gasteiger partial charge < -0.3 is 30.5 Å². The third-order valence-corrected chi connectivity index (χ3v) is 6.64. The van der Waals surface area contributed by atoms with Gasteiger partial charge in [0.1, 0.15) is 29.2 Å². The van der Waals surface area contributed by atoms with Crippen LogP contribution < -0.4 is 10.6 Å². The Bertz CT molecular complexity index is 1370. The summed E-state index contributed by atoms with van der Waals surface area (Å²) in [6, 6.07) is 15.5. The van der Waals surface area contributed by atoms with Gasteiger partial charge in [-0.3, -0.25) is 9.59 Å². The summed E-state index contributed by atoms with van der Waals surface area (Å²) in [5, 5.41) is 25.4. The van der Waals surface area contributed by atoms with Gasteiger partial charge in [0, 0.05) is 18.2 Å². The number of anilines is 1. The van der Waals surface area contributed by atoms with Crippen molar-refractivity contribution >= 4 is 23.6 Å². The zero-order valence-electron chi connectivity index (χ0n) is 25.3. The molecule has 224 valence electrons. The molecule has 9 heteroatoms. The molecule has 0 aromatic heterocycles. The molecule has 42 heavy (non-hydrogen) atoms. The largest absolute Gasteiger partial charge is 0.508 e. The Labute approximate surface area is 247 Å². The Balaban J connectivity index is 2.07. The third kappa shape index (κ3) is 8.49. The summed E-state index contributed by atoms with van der Waals surface area (Å²) in [5.74, 6) is -0.854. The molecule has 3 amide bonds. The van der Waals surface area contributed by atoms with Gasteiger partial charge in [-0.2, -0.15) is 0 Å². The summed E-state index contributed by atoms with van der Waals surface area (Å²) < 4.78 is 5.46. The van der Waals surface area contributed by atoms with Crippen LogP contribution in [0.25, 0.3) is 0 Å². The molecule has 0 spiro atoms. The van der Waals surface area contributed by atoms with E-state index in [1.165, 1.54) is 29.2 Å². The average molecular weight is 576 g/mol. The molecule has 9 nitrogen and oxygen atoms in total. The highest BCUT2D eigenvalue weighted by Gasteiger charge is 2.38.